The fourth-order valence-corrected chi connectivity index (χ4v) is 2.84. The molecule has 1 rings (SSSR count). The van der Waals surface area contributed by atoms with Crippen molar-refractivity contribution >= 4 is 5.97 Å². The number of carboxylic acids is 1. The van der Waals surface area contributed by atoms with Crippen LogP contribution in [0.4, 0.5) is 0 Å². The summed E-state index contributed by atoms with van der Waals surface area (Å²) in [6.07, 6.45) is 15.2. The molecule has 6 nitrogen and oxygen atoms in total. The second-order valence-electron chi connectivity index (χ2n) is 6.92. The molecule has 158 valence electrons. The largest absolute Gasteiger partial charge is 0.481 e. The number of carbonyl (C=O) groups is 1. The summed E-state index contributed by atoms with van der Waals surface area (Å²) in [5, 5.41) is 38.8. The first kappa shape index (κ1) is 24.3. The Labute approximate surface area is 167 Å². The van der Waals surface area contributed by atoms with Gasteiger partial charge < -0.3 is 25.2 Å². The Morgan fingerprint density at radius 2 is 1.82 bits per heavy atom. The van der Waals surface area contributed by atoms with E-state index < -0.39 is 36.5 Å². The number of rotatable bonds is 13. The molecule has 6 heteroatoms. The van der Waals surface area contributed by atoms with Crippen LogP contribution in [0, 0.1) is 0 Å². The SMILES string of the molecule is CC/C=C\C[C@H](O)/C=C/[C@H]1O[C@H]([C@@H](O)C/C=C\C/C=C\CCC(=O)O)C[C@@H]1O. The molecule has 1 fully saturated rings. The van der Waals surface area contributed by atoms with E-state index in [1.807, 2.05) is 43.4 Å². The maximum absolute atomic E-state index is 10.4. The van der Waals surface area contributed by atoms with Gasteiger partial charge in [-0.15, -0.1) is 0 Å². The van der Waals surface area contributed by atoms with Gasteiger partial charge in [-0.3, -0.25) is 4.79 Å². The molecule has 1 heterocycles. The zero-order chi connectivity index (χ0) is 20.8. The zero-order valence-electron chi connectivity index (χ0n) is 16.6. The first-order valence-corrected chi connectivity index (χ1v) is 9.98. The minimum Gasteiger partial charge on any atom is -0.481 e. The molecule has 1 aliphatic rings. The van der Waals surface area contributed by atoms with Gasteiger partial charge in [-0.1, -0.05) is 55.5 Å². The average molecular weight is 395 g/mol. The number of aliphatic hydroxyl groups excluding tert-OH is 3. The first-order chi connectivity index (χ1) is 13.4. The van der Waals surface area contributed by atoms with Crippen molar-refractivity contribution in [2.45, 2.75) is 82.4 Å². The van der Waals surface area contributed by atoms with Crippen molar-refractivity contribution in [1.82, 2.24) is 0 Å². The van der Waals surface area contributed by atoms with Crippen LogP contribution in [0.1, 0.15) is 51.9 Å². The number of hydrogen-bond acceptors (Lipinski definition) is 5. The average Bonchev–Trinajstić information content (AvgIpc) is 3.03. The van der Waals surface area contributed by atoms with Gasteiger partial charge in [0.05, 0.1) is 24.4 Å². The lowest BCUT2D eigenvalue weighted by molar-refractivity contribution is -0.136. The molecule has 0 radical (unpaired) electrons. The molecule has 0 aromatic heterocycles. The Kier molecular flexibility index (Phi) is 12.4. The predicted octanol–water partition coefficient (Wildman–Crippen LogP) is 2.90. The Balaban J connectivity index is 2.31. The van der Waals surface area contributed by atoms with Gasteiger partial charge in [-0.25, -0.2) is 0 Å². The molecule has 1 saturated heterocycles. The first-order valence-electron chi connectivity index (χ1n) is 9.98. The highest BCUT2D eigenvalue weighted by atomic mass is 16.5. The Morgan fingerprint density at radius 3 is 2.54 bits per heavy atom. The lowest BCUT2D eigenvalue weighted by Crippen LogP contribution is -2.25. The molecule has 4 N–H and O–H groups in total. The van der Waals surface area contributed by atoms with Crippen LogP contribution >= 0.6 is 0 Å². The highest BCUT2D eigenvalue weighted by Crippen LogP contribution is 2.25. The number of carboxylic acid groups (broad SMARTS) is 1. The molecule has 5 atom stereocenters. The van der Waals surface area contributed by atoms with Crippen molar-refractivity contribution in [3.05, 3.63) is 48.6 Å². The highest BCUT2D eigenvalue weighted by Gasteiger charge is 2.35. The summed E-state index contributed by atoms with van der Waals surface area (Å²) in [7, 11) is 0. The summed E-state index contributed by atoms with van der Waals surface area (Å²) in [6, 6.07) is 0. The standard InChI is InChI=1S/C22H34O6/c1-2-3-8-11-17(23)14-15-20-19(25)16-21(28-20)18(24)12-9-6-4-5-7-10-13-22(26)27/h3,5-9,14-15,17-21,23-25H,2,4,10-13,16H2,1H3,(H,26,27)/b7-5-,8-3-,9-6-,15-14+/t17-,18-,19-,20+,21-/m0/s1. The lowest BCUT2D eigenvalue weighted by atomic mass is 10.0. The third kappa shape index (κ3) is 10.6. The molecular weight excluding hydrogens is 360 g/mol. The second kappa shape index (κ2) is 14.3. The predicted molar refractivity (Wildman–Crippen MR) is 109 cm³/mol. The topological polar surface area (TPSA) is 107 Å². The summed E-state index contributed by atoms with van der Waals surface area (Å²) in [5.41, 5.74) is 0. The van der Waals surface area contributed by atoms with Crippen LogP contribution < -0.4 is 0 Å². The van der Waals surface area contributed by atoms with E-state index in [2.05, 4.69) is 0 Å². The molecule has 28 heavy (non-hydrogen) atoms. The van der Waals surface area contributed by atoms with Crippen LogP contribution in [0.2, 0.25) is 0 Å². The van der Waals surface area contributed by atoms with E-state index in [0.717, 1.165) is 6.42 Å². The quantitative estimate of drug-likeness (QED) is 0.358. The van der Waals surface area contributed by atoms with Crippen molar-refractivity contribution in [3.63, 3.8) is 0 Å². The summed E-state index contributed by atoms with van der Waals surface area (Å²) >= 11 is 0. The monoisotopic (exact) mass is 394 g/mol. The van der Waals surface area contributed by atoms with Gasteiger partial charge in [0.15, 0.2) is 0 Å². The minimum absolute atomic E-state index is 0.127. The van der Waals surface area contributed by atoms with Crippen LogP contribution in [-0.4, -0.2) is 56.9 Å². The molecule has 0 saturated carbocycles. The summed E-state index contributed by atoms with van der Waals surface area (Å²) in [4.78, 5) is 10.4. The number of allylic oxidation sites excluding steroid dienone is 4. The van der Waals surface area contributed by atoms with Gasteiger partial charge in [0.25, 0.3) is 0 Å². The molecular formula is C22H34O6. The number of ether oxygens (including phenoxy) is 1. The van der Waals surface area contributed by atoms with Crippen LogP contribution in [0.15, 0.2) is 48.6 Å². The lowest BCUT2D eigenvalue weighted by Gasteiger charge is -2.16. The van der Waals surface area contributed by atoms with E-state index in [-0.39, 0.29) is 6.42 Å². The minimum atomic E-state index is -0.807. The normalized spacial score (nSPS) is 25.5. The maximum atomic E-state index is 10.4. The van der Waals surface area contributed by atoms with E-state index in [0.29, 0.717) is 32.1 Å². The molecule has 0 aromatic carbocycles. The fourth-order valence-electron chi connectivity index (χ4n) is 2.84. The van der Waals surface area contributed by atoms with Crippen LogP contribution in [0.5, 0.6) is 0 Å². The van der Waals surface area contributed by atoms with Crippen molar-refractivity contribution in [2.75, 3.05) is 0 Å². The van der Waals surface area contributed by atoms with Crippen molar-refractivity contribution in [3.8, 4) is 0 Å². The molecule has 0 aromatic rings. The Bertz CT molecular complexity index is 551. The van der Waals surface area contributed by atoms with Gasteiger partial charge in [-0.2, -0.15) is 0 Å². The summed E-state index contributed by atoms with van der Waals surface area (Å²) in [5.74, 6) is -0.807. The second-order valence-corrected chi connectivity index (χ2v) is 6.92. The number of aliphatic carboxylic acids is 1. The maximum Gasteiger partial charge on any atom is 0.303 e. The molecule has 0 amide bonds. The van der Waals surface area contributed by atoms with Gasteiger partial charge in [0.1, 0.15) is 6.10 Å². The zero-order valence-corrected chi connectivity index (χ0v) is 16.6. The van der Waals surface area contributed by atoms with Crippen molar-refractivity contribution < 1.29 is 30.0 Å². The van der Waals surface area contributed by atoms with Gasteiger partial charge in [0.2, 0.25) is 0 Å². The molecule has 0 spiro atoms. The van der Waals surface area contributed by atoms with Crippen molar-refractivity contribution in [1.29, 1.82) is 0 Å². The van der Waals surface area contributed by atoms with E-state index >= 15 is 0 Å². The van der Waals surface area contributed by atoms with Crippen LogP contribution in [-0.2, 0) is 9.53 Å². The van der Waals surface area contributed by atoms with Gasteiger partial charge in [-0.05, 0) is 32.1 Å². The Hall–Kier alpha value is -1.73. The smallest absolute Gasteiger partial charge is 0.303 e. The molecule has 1 aliphatic heterocycles. The van der Waals surface area contributed by atoms with E-state index in [1.54, 1.807) is 12.2 Å². The third-order valence-electron chi connectivity index (χ3n) is 4.42. The van der Waals surface area contributed by atoms with E-state index in [4.69, 9.17) is 9.84 Å². The molecule has 0 bridgehead atoms. The van der Waals surface area contributed by atoms with Crippen LogP contribution in [0.25, 0.3) is 0 Å². The van der Waals surface area contributed by atoms with E-state index in [1.165, 1.54) is 0 Å². The van der Waals surface area contributed by atoms with Gasteiger partial charge >= 0.3 is 5.97 Å². The summed E-state index contributed by atoms with van der Waals surface area (Å²) in [6.45, 7) is 2.03. The summed E-state index contributed by atoms with van der Waals surface area (Å²) < 4.78 is 5.72. The third-order valence-corrected chi connectivity index (χ3v) is 4.42. The van der Waals surface area contributed by atoms with Crippen LogP contribution in [0.3, 0.4) is 0 Å². The van der Waals surface area contributed by atoms with E-state index in [9.17, 15) is 20.1 Å². The van der Waals surface area contributed by atoms with Gasteiger partial charge in [0, 0.05) is 12.8 Å². The fraction of sp³-hybridized carbons (Fsp3) is 0.591. The van der Waals surface area contributed by atoms with Crippen molar-refractivity contribution in [2.24, 2.45) is 0 Å². The highest BCUT2D eigenvalue weighted by molar-refractivity contribution is 5.66. The number of hydrogen-bond donors (Lipinski definition) is 4. The number of aliphatic hydroxyl groups is 3. The molecule has 0 aliphatic carbocycles. The Morgan fingerprint density at radius 1 is 1.11 bits per heavy atom. The molecule has 0 unspecified atom stereocenters.